The Morgan fingerprint density at radius 2 is 1.67 bits per heavy atom. The van der Waals surface area contributed by atoms with Gasteiger partial charge in [-0.3, -0.25) is 9.59 Å². The maximum Gasteiger partial charge on any atom is 0.255 e. The molecule has 0 bridgehead atoms. The van der Waals surface area contributed by atoms with Gasteiger partial charge >= 0.3 is 0 Å². The maximum absolute atomic E-state index is 13.0. The predicted molar refractivity (Wildman–Crippen MR) is 129 cm³/mol. The van der Waals surface area contributed by atoms with Crippen LogP contribution in [-0.2, 0) is 17.8 Å². The van der Waals surface area contributed by atoms with E-state index in [9.17, 15) is 9.59 Å². The number of amides is 2. The van der Waals surface area contributed by atoms with Gasteiger partial charge in [0.1, 0.15) is 18.1 Å². The molecule has 0 aliphatic heterocycles. The Morgan fingerprint density at radius 3 is 2.45 bits per heavy atom. The topological polar surface area (TPSA) is 76.5 Å². The van der Waals surface area contributed by atoms with Crippen molar-refractivity contribution in [1.82, 2.24) is 14.9 Å². The zero-order valence-electron chi connectivity index (χ0n) is 18.7. The highest BCUT2D eigenvalue weighted by Crippen LogP contribution is 2.19. The van der Waals surface area contributed by atoms with Crippen molar-refractivity contribution in [2.24, 2.45) is 0 Å². The van der Waals surface area contributed by atoms with E-state index in [1.165, 1.54) is 7.11 Å². The molecule has 7 nitrogen and oxygen atoms in total. The first-order valence-corrected chi connectivity index (χ1v) is 10.8. The molecule has 33 heavy (non-hydrogen) atoms. The van der Waals surface area contributed by atoms with Crippen molar-refractivity contribution in [2.75, 3.05) is 25.6 Å². The normalized spacial score (nSPS) is 10.7. The molecule has 0 spiro atoms. The second-order valence-electron chi connectivity index (χ2n) is 7.60. The fraction of sp³-hybridized carbons (Fsp3) is 0.192. The second-order valence-corrected chi connectivity index (χ2v) is 7.60. The summed E-state index contributed by atoms with van der Waals surface area (Å²) in [6.45, 7) is 0.532. The number of rotatable bonds is 8. The number of methoxy groups -OCH3 is 1. The van der Waals surface area contributed by atoms with Crippen LogP contribution in [0.3, 0.4) is 0 Å². The Balaban J connectivity index is 1.50. The van der Waals surface area contributed by atoms with E-state index in [4.69, 9.17) is 9.72 Å². The quantitative estimate of drug-likeness (QED) is 0.452. The summed E-state index contributed by atoms with van der Waals surface area (Å²) in [6, 6.07) is 24.4. The molecule has 168 valence electrons. The lowest BCUT2D eigenvalue weighted by Gasteiger charge is -2.19. The lowest BCUT2D eigenvalue weighted by atomic mass is 10.2. The van der Waals surface area contributed by atoms with Gasteiger partial charge in [-0.25, -0.2) is 4.98 Å². The number of nitrogens with one attached hydrogen (secondary N) is 1. The number of benzene rings is 3. The van der Waals surface area contributed by atoms with Crippen LogP contribution >= 0.6 is 0 Å². The van der Waals surface area contributed by atoms with Gasteiger partial charge in [-0.2, -0.15) is 0 Å². The van der Waals surface area contributed by atoms with Crippen molar-refractivity contribution in [3.8, 4) is 5.75 Å². The van der Waals surface area contributed by atoms with Crippen molar-refractivity contribution >= 4 is 28.5 Å². The molecule has 4 rings (SSSR count). The third kappa shape index (κ3) is 4.87. The van der Waals surface area contributed by atoms with Crippen molar-refractivity contribution in [3.63, 3.8) is 0 Å². The summed E-state index contributed by atoms with van der Waals surface area (Å²) in [5, 5.41) is 2.93. The Bertz CT molecular complexity index is 1270. The number of carbonyl (C=O) groups is 2. The zero-order chi connectivity index (χ0) is 23.2. The van der Waals surface area contributed by atoms with Crippen molar-refractivity contribution in [3.05, 3.63) is 90.3 Å². The first-order chi connectivity index (χ1) is 16.1. The fourth-order valence-electron chi connectivity index (χ4n) is 3.74. The predicted octanol–water partition coefficient (Wildman–Crippen LogP) is 3.68. The van der Waals surface area contributed by atoms with Crippen molar-refractivity contribution in [1.29, 1.82) is 0 Å². The molecule has 2 amide bonds. The highest BCUT2D eigenvalue weighted by Gasteiger charge is 2.18. The van der Waals surface area contributed by atoms with Crippen LogP contribution in [0.2, 0.25) is 0 Å². The molecule has 7 heteroatoms. The number of hydrogen-bond donors (Lipinski definition) is 1. The Labute approximate surface area is 192 Å². The number of anilines is 1. The van der Waals surface area contributed by atoms with Crippen LogP contribution in [0.15, 0.2) is 78.9 Å². The number of fused-ring (bicyclic) bond motifs is 1. The molecule has 3 aromatic carbocycles. The molecule has 4 aromatic rings. The molecular formula is C26H26N4O3. The number of likely N-dealkylation sites (N-methyl/N-ethyl adjacent to an activating group) is 1. The SMILES string of the molecule is COc1ccccc1C(=O)NCCc1nc2ccccc2n1CC(=O)N(C)c1ccccc1. The van der Waals surface area contributed by atoms with E-state index in [1.807, 2.05) is 65.2 Å². The van der Waals surface area contributed by atoms with Gasteiger partial charge in [0.25, 0.3) is 5.91 Å². The molecule has 0 unspecified atom stereocenters. The summed E-state index contributed by atoms with van der Waals surface area (Å²) >= 11 is 0. The van der Waals surface area contributed by atoms with Gasteiger partial charge in [-0.05, 0) is 36.4 Å². The lowest BCUT2D eigenvalue weighted by molar-refractivity contribution is -0.118. The number of nitrogens with zero attached hydrogens (tertiary/aromatic N) is 3. The van der Waals surface area contributed by atoms with Gasteiger partial charge in [0.05, 0.1) is 23.7 Å². The molecule has 0 saturated heterocycles. The van der Waals surface area contributed by atoms with Gasteiger partial charge < -0.3 is 19.5 Å². The minimum absolute atomic E-state index is 0.0522. The van der Waals surface area contributed by atoms with Gasteiger partial charge in [0, 0.05) is 25.7 Å². The van der Waals surface area contributed by atoms with E-state index in [0.717, 1.165) is 22.5 Å². The number of hydrogen-bond acceptors (Lipinski definition) is 4. The summed E-state index contributed by atoms with van der Waals surface area (Å²) in [5.41, 5.74) is 3.02. The van der Waals surface area contributed by atoms with E-state index in [1.54, 1.807) is 30.1 Å². The third-order valence-corrected chi connectivity index (χ3v) is 5.53. The van der Waals surface area contributed by atoms with Crippen LogP contribution in [0.25, 0.3) is 11.0 Å². The van der Waals surface area contributed by atoms with E-state index in [-0.39, 0.29) is 18.4 Å². The number of ether oxygens (including phenoxy) is 1. The van der Waals surface area contributed by atoms with Gasteiger partial charge in [0.15, 0.2) is 0 Å². The second kappa shape index (κ2) is 9.99. The van der Waals surface area contributed by atoms with Crippen LogP contribution in [0.4, 0.5) is 5.69 Å². The molecule has 1 N–H and O–H groups in total. The van der Waals surface area contributed by atoms with Crippen molar-refractivity contribution in [2.45, 2.75) is 13.0 Å². The molecular weight excluding hydrogens is 416 g/mol. The Kier molecular flexibility index (Phi) is 6.69. The monoisotopic (exact) mass is 442 g/mol. The van der Waals surface area contributed by atoms with Gasteiger partial charge in [-0.15, -0.1) is 0 Å². The molecule has 1 aromatic heterocycles. The van der Waals surface area contributed by atoms with Crippen LogP contribution in [0, 0.1) is 0 Å². The van der Waals surface area contributed by atoms with Crippen LogP contribution in [0.5, 0.6) is 5.75 Å². The van der Waals surface area contributed by atoms with E-state index in [0.29, 0.717) is 24.3 Å². The third-order valence-electron chi connectivity index (χ3n) is 5.53. The van der Waals surface area contributed by atoms with Gasteiger partial charge in [0.2, 0.25) is 5.91 Å². The molecule has 0 aliphatic carbocycles. The molecule has 0 atom stereocenters. The maximum atomic E-state index is 13.0. The van der Waals surface area contributed by atoms with Crippen LogP contribution in [-0.4, -0.2) is 42.1 Å². The van der Waals surface area contributed by atoms with Crippen molar-refractivity contribution < 1.29 is 14.3 Å². The Hall–Kier alpha value is -4.13. The molecule has 0 fully saturated rings. The van der Waals surface area contributed by atoms with E-state index in [2.05, 4.69) is 5.32 Å². The average molecular weight is 443 g/mol. The molecule has 1 heterocycles. The highest BCUT2D eigenvalue weighted by molar-refractivity contribution is 5.97. The molecule has 0 radical (unpaired) electrons. The molecule has 0 saturated carbocycles. The highest BCUT2D eigenvalue weighted by atomic mass is 16.5. The summed E-state index contributed by atoms with van der Waals surface area (Å²) in [6.07, 6.45) is 0.484. The summed E-state index contributed by atoms with van der Waals surface area (Å²) in [5.74, 6) is 1.00. The first kappa shape index (κ1) is 22.1. The van der Waals surface area contributed by atoms with E-state index < -0.39 is 0 Å². The standard InChI is InChI=1S/C26H26N4O3/c1-29(19-10-4-3-5-11-19)25(31)18-30-22-14-8-7-13-21(22)28-24(30)16-17-27-26(32)20-12-6-9-15-23(20)33-2/h3-15H,16-18H2,1-2H3,(H,27,32). The number of para-hydroxylation sites is 4. The lowest BCUT2D eigenvalue weighted by Crippen LogP contribution is -2.31. The summed E-state index contributed by atoms with van der Waals surface area (Å²) in [4.78, 5) is 32.0. The molecule has 0 aliphatic rings. The van der Waals surface area contributed by atoms with Crippen LogP contribution in [0.1, 0.15) is 16.2 Å². The number of carbonyl (C=O) groups excluding carboxylic acids is 2. The zero-order valence-corrected chi connectivity index (χ0v) is 18.7. The smallest absolute Gasteiger partial charge is 0.255 e. The Morgan fingerprint density at radius 1 is 0.970 bits per heavy atom. The average Bonchev–Trinajstić information content (AvgIpc) is 3.21. The minimum atomic E-state index is -0.213. The summed E-state index contributed by atoms with van der Waals surface area (Å²) in [7, 11) is 3.31. The largest absolute Gasteiger partial charge is 0.496 e. The first-order valence-electron chi connectivity index (χ1n) is 10.8. The fourth-order valence-corrected chi connectivity index (χ4v) is 3.74. The minimum Gasteiger partial charge on any atom is -0.496 e. The van der Waals surface area contributed by atoms with Gasteiger partial charge in [-0.1, -0.05) is 42.5 Å². The number of aromatic nitrogens is 2. The number of imidazole rings is 1. The van der Waals surface area contributed by atoms with E-state index >= 15 is 0 Å². The van der Waals surface area contributed by atoms with Crippen LogP contribution < -0.4 is 15.0 Å². The summed E-state index contributed by atoms with van der Waals surface area (Å²) < 4.78 is 7.20.